The molecule has 1 heterocycles. The molecule has 1 amide bonds. The molecule has 3 nitrogen and oxygen atoms in total. The van der Waals surface area contributed by atoms with Crippen LogP contribution in [0.1, 0.15) is 12.5 Å². The third-order valence-electron chi connectivity index (χ3n) is 3.70. The van der Waals surface area contributed by atoms with Gasteiger partial charge in [-0.05, 0) is 49.7 Å². The van der Waals surface area contributed by atoms with Crippen molar-refractivity contribution in [2.75, 3.05) is 5.32 Å². The van der Waals surface area contributed by atoms with Crippen LogP contribution in [-0.2, 0) is 4.79 Å². The Bertz CT molecular complexity index is 926. The Morgan fingerprint density at radius 1 is 1.12 bits per heavy atom. The van der Waals surface area contributed by atoms with Crippen molar-refractivity contribution in [1.82, 2.24) is 4.98 Å². The van der Waals surface area contributed by atoms with E-state index in [1.54, 1.807) is 18.2 Å². The summed E-state index contributed by atoms with van der Waals surface area (Å²) < 4.78 is 0. The highest BCUT2D eigenvalue weighted by Gasteiger charge is 2.16. The zero-order valence-electron chi connectivity index (χ0n) is 13.7. The van der Waals surface area contributed by atoms with E-state index in [4.69, 9.17) is 23.2 Å². The van der Waals surface area contributed by atoms with Gasteiger partial charge in [0.05, 0.1) is 15.8 Å². The summed E-state index contributed by atoms with van der Waals surface area (Å²) in [7, 11) is 0. The maximum Gasteiger partial charge on any atom is 0.237 e. The standard InChI is InChI=1S/C19H16Cl2N2OS/c1-11-7-18(23-17-6-4-3-5-16(11)17)25-12(2)19(24)22-15-9-13(20)8-14(21)10-15/h3-10,12H,1-2H3,(H,22,24). The number of para-hydroxylation sites is 1. The molecule has 3 rings (SSSR count). The Morgan fingerprint density at radius 3 is 2.52 bits per heavy atom. The van der Waals surface area contributed by atoms with Gasteiger partial charge in [0, 0.05) is 21.1 Å². The van der Waals surface area contributed by atoms with Crippen molar-refractivity contribution in [3.05, 3.63) is 64.1 Å². The fraction of sp³-hybridized carbons (Fsp3) is 0.158. The van der Waals surface area contributed by atoms with Crippen LogP contribution in [0.3, 0.4) is 0 Å². The topological polar surface area (TPSA) is 42.0 Å². The van der Waals surface area contributed by atoms with Gasteiger partial charge in [0.1, 0.15) is 0 Å². The van der Waals surface area contributed by atoms with E-state index in [0.717, 1.165) is 21.5 Å². The third-order valence-corrected chi connectivity index (χ3v) is 5.15. The fourth-order valence-corrected chi connectivity index (χ4v) is 3.93. The number of anilines is 1. The molecule has 3 aromatic rings. The molecular weight excluding hydrogens is 375 g/mol. The normalized spacial score (nSPS) is 12.2. The second-order valence-electron chi connectivity index (χ2n) is 5.70. The number of halogens is 2. The predicted octanol–water partition coefficient (Wildman–Crippen LogP) is 5.97. The molecule has 0 bridgehead atoms. The average molecular weight is 391 g/mol. The highest BCUT2D eigenvalue weighted by Crippen LogP contribution is 2.28. The lowest BCUT2D eigenvalue weighted by Gasteiger charge is -2.13. The number of carbonyl (C=O) groups excluding carboxylic acids is 1. The Kier molecular flexibility index (Phi) is 5.52. The molecule has 0 aliphatic carbocycles. The number of pyridine rings is 1. The van der Waals surface area contributed by atoms with Crippen molar-refractivity contribution in [2.24, 2.45) is 0 Å². The average Bonchev–Trinajstić information content (AvgIpc) is 2.53. The maximum absolute atomic E-state index is 12.4. The first-order valence-corrected chi connectivity index (χ1v) is 9.36. The summed E-state index contributed by atoms with van der Waals surface area (Å²) >= 11 is 13.3. The number of amides is 1. The van der Waals surface area contributed by atoms with Crippen LogP contribution in [0.2, 0.25) is 10.0 Å². The number of aryl methyl sites for hydroxylation is 1. The molecule has 2 aromatic carbocycles. The number of hydrogen-bond donors (Lipinski definition) is 1. The van der Waals surface area contributed by atoms with Crippen LogP contribution < -0.4 is 5.32 Å². The molecule has 0 saturated heterocycles. The van der Waals surface area contributed by atoms with Gasteiger partial charge in [-0.15, -0.1) is 0 Å². The molecule has 128 valence electrons. The molecule has 0 spiro atoms. The molecule has 0 aliphatic heterocycles. The summed E-state index contributed by atoms with van der Waals surface area (Å²) in [5.41, 5.74) is 2.65. The largest absolute Gasteiger partial charge is 0.325 e. The highest BCUT2D eigenvalue weighted by molar-refractivity contribution is 8.00. The van der Waals surface area contributed by atoms with Gasteiger partial charge in [0.2, 0.25) is 5.91 Å². The third kappa shape index (κ3) is 4.46. The van der Waals surface area contributed by atoms with E-state index >= 15 is 0 Å². The van der Waals surface area contributed by atoms with Gasteiger partial charge >= 0.3 is 0 Å². The number of fused-ring (bicyclic) bond motifs is 1. The number of rotatable bonds is 4. The zero-order valence-corrected chi connectivity index (χ0v) is 16.0. The van der Waals surface area contributed by atoms with Crippen molar-refractivity contribution in [1.29, 1.82) is 0 Å². The number of thioether (sulfide) groups is 1. The van der Waals surface area contributed by atoms with Gasteiger partial charge in [-0.2, -0.15) is 0 Å². The van der Waals surface area contributed by atoms with Crippen molar-refractivity contribution in [2.45, 2.75) is 24.1 Å². The molecule has 1 aromatic heterocycles. The van der Waals surface area contributed by atoms with E-state index in [0.29, 0.717) is 15.7 Å². The van der Waals surface area contributed by atoms with E-state index in [1.165, 1.54) is 11.8 Å². The van der Waals surface area contributed by atoms with Gasteiger partial charge in [0.15, 0.2) is 0 Å². The van der Waals surface area contributed by atoms with E-state index < -0.39 is 0 Å². The number of hydrogen-bond acceptors (Lipinski definition) is 3. The molecule has 0 saturated carbocycles. The van der Waals surface area contributed by atoms with Crippen LogP contribution in [0.5, 0.6) is 0 Å². The lowest BCUT2D eigenvalue weighted by molar-refractivity contribution is -0.115. The Morgan fingerprint density at radius 2 is 1.80 bits per heavy atom. The Hall–Kier alpha value is -1.75. The SMILES string of the molecule is Cc1cc(SC(C)C(=O)Nc2cc(Cl)cc(Cl)c2)nc2ccccc12. The van der Waals surface area contributed by atoms with Gasteiger partial charge in [-0.1, -0.05) is 53.2 Å². The summed E-state index contributed by atoms with van der Waals surface area (Å²) in [6, 6.07) is 14.9. The molecule has 25 heavy (non-hydrogen) atoms. The minimum atomic E-state index is -0.314. The van der Waals surface area contributed by atoms with E-state index in [9.17, 15) is 4.79 Å². The molecule has 1 unspecified atom stereocenters. The molecule has 1 N–H and O–H groups in total. The quantitative estimate of drug-likeness (QED) is 0.557. The number of benzene rings is 2. The van der Waals surface area contributed by atoms with Crippen molar-refractivity contribution < 1.29 is 4.79 Å². The second-order valence-corrected chi connectivity index (χ2v) is 7.94. The molecule has 0 radical (unpaired) electrons. The van der Waals surface area contributed by atoms with Crippen molar-refractivity contribution >= 4 is 57.5 Å². The zero-order chi connectivity index (χ0) is 18.0. The van der Waals surface area contributed by atoms with E-state index in [2.05, 4.69) is 10.3 Å². The summed E-state index contributed by atoms with van der Waals surface area (Å²) in [6.07, 6.45) is 0. The molecule has 1 atom stereocenters. The van der Waals surface area contributed by atoms with Crippen LogP contribution in [-0.4, -0.2) is 16.1 Å². The van der Waals surface area contributed by atoms with Gasteiger partial charge in [-0.3, -0.25) is 4.79 Å². The Labute approximate surface area is 160 Å². The fourth-order valence-electron chi connectivity index (χ4n) is 2.48. The lowest BCUT2D eigenvalue weighted by Crippen LogP contribution is -2.22. The van der Waals surface area contributed by atoms with E-state index in [-0.39, 0.29) is 11.2 Å². The van der Waals surface area contributed by atoms with Gasteiger partial charge in [0.25, 0.3) is 0 Å². The van der Waals surface area contributed by atoms with E-state index in [1.807, 2.05) is 44.2 Å². The van der Waals surface area contributed by atoms with Crippen LogP contribution >= 0.6 is 35.0 Å². The number of nitrogens with one attached hydrogen (secondary N) is 1. The van der Waals surface area contributed by atoms with Crippen LogP contribution in [0.15, 0.2) is 53.6 Å². The van der Waals surface area contributed by atoms with Gasteiger partial charge < -0.3 is 5.32 Å². The number of aromatic nitrogens is 1. The molecule has 0 aliphatic rings. The minimum Gasteiger partial charge on any atom is -0.325 e. The molecule has 6 heteroatoms. The molecular formula is C19H16Cl2N2OS. The highest BCUT2D eigenvalue weighted by atomic mass is 35.5. The second kappa shape index (κ2) is 7.65. The number of nitrogens with zero attached hydrogens (tertiary/aromatic N) is 1. The smallest absolute Gasteiger partial charge is 0.237 e. The van der Waals surface area contributed by atoms with Gasteiger partial charge in [-0.25, -0.2) is 4.98 Å². The van der Waals surface area contributed by atoms with Crippen molar-refractivity contribution in [3.63, 3.8) is 0 Å². The van der Waals surface area contributed by atoms with Crippen molar-refractivity contribution in [3.8, 4) is 0 Å². The summed E-state index contributed by atoms with van der Waals surface area (Å²) in [5, 5.41) is 5.43. The first-order chi connectivity index (χ1) is 11.9. The summed E-state index contributed by atoms with van der Waals surface area (Å²) in [4.78, 5) is 17.1. The minimum absolute atomic E-state index is 0.129. The summed E-state index contributed by atoms with van der Waals surface area (Å²) in [6.45, 7) is 3.89. The van der Waals surface area contributed by atoms with Crippen LogP contribution in [0, 0.1) is 6.92 Å². The predicted molar refractivity (Wildman–Crippen MR) is 107 cm³/mol. The van der Waals surface area contributed by atoms with Crippen LogP contribution in [0.25, 0.3) is 10.9 Å². The molecule has 0 fully saturated rings. The Balaban J connectivity index is 1.75. The number of carbonyl (C=O) groups is 1. The van der Waals surface area contributed by atoms with Crippen LogP contribution in [0.4, 0.5) is 5.69 Å². The first kappa shape index (κ1) is 18.1. The maximum atomic E-state index is 12.4. The first-order valence-electron chi connectivity index (χ1n) is 7.72. The monoisotopic (exact) mass is 390 g/mol. The summed E-state index contributed by atoms with van der Waals surface area (Å²) in [5.74, 6) is -0.129. The lowest BCUT2D eigenvalue weighted by atomic mass is 10.1.